The predicted octanol–water partition coefficient (Wildman–Crippen LogP) is 3.34. The van der Waals surface area contributed by atoms with Gasteiger partial charge in [0, 0.05) is 5.56 Å². The molecule has 0 radical (unpaired) electrons. The normalized spacial score (nSPS) is 11.5. The number of carbonyl (C=O) groups excluding carboxylic acids is 3. The van der Waals surface area contributed by atoms with Gasteiger partial charge in [0.25, 0.3) is 5.91 Å². The van der Waals surface area contributed by atoms with Crippen molar-refractivity contribution in [2.24, 2.45) is 5.92 Å². The first-order chi connectivity index (χ1) is 14.9. The highest BCUT2D eigenvalue weighted by molar-refractivity contribution is 5.95. The van der Waals surface area contributed by atoms with Gasteiger partial charge in [0.15, 0.2) is 0 Å². The van der Waals surface area contributed by atoms with Gasteiger partial charge >= 0.3 is 0 Å². The van der Waals surface area contributed by atoms with E-state index in [0.717, 1.165) is 19.3 Å². The third kappa shape index (κ3) is 7.82. The highest BCUT2D eigenvalue weighted by Gasteiger charge is 2.20. The molecule has 0 fully saturated rings. The van der Waals surface area contributed by atoms with Gasteiger partial charge in [-0.1, -0.05) is 50.5 Å². The number of carbonyl (C=O) groups is 3. The molecule has 0 aliphatic rings. The molecule has 3 N–H and O–H groups in total. The molecule has 0 aromatic heterocycles. The Morgan fingerprint density at radius 1 is 1.10 bits per heavy atom. The van der Waals surface area contributed by atoms with Gasteiger partial charge < -0.3 is 10.6 Å². The Morgan fingerprint density at radius 2 is 1.81 bits per heavy atom. The molecule has 0 heterocycles. The third-order valence-electron chi connectivity index (χ3n) is 4.85. The molecule has 0 saturated carbocycles. The van der Waals surface area contributed by atoms with Crippen LogP contribution >= 0.6 is 0 Å². The molecule has 2 aromatic carbocycles. The monoisotopic (exact) mass is 429 g/mol. The molecular weight excluding hydrogens is 401 g/mol. The van der Waals surface area contributed by atoms with Crippen LogP contribution in [0.1, 0.15) is 43.0 Å². The van der Waals surface area contributed by atoms with Gasteiger partial charge in [0.2, 0.25) is 12.3 Å². The molecule has 1 atom stereocenters. The SMILES string of the molecule is CCCCC[C@H](CN(O)C=O)C(=O)NCNC(=O)c1cccc(-c2cccc(F)c2)c1. The molecular formula is C23H28FN3O4. The minimum absolute atomic E-state index is 0.0986. The highest BCUT2D eigenvalue weighted by atomic mass is 19.1. The van der Waals surface area contributed by atoms with E-state index in [-0.39, 0.29) is 31.3 Å². The van der Waals surface area contributed by atoms with Gasteiger partial charge in [-0.15, -0.1) is 0 Å². The number of hydrogen-bond donors (Lipinski definition) is 3. The Bertz CT molecular complexity index is 891. The molecule has 2 rings (SSSR count). The van der Waals surface area contributed by atoms with Crippen LogP contribution in [0.5, 0.6) is 0 Å². The first-order valence-electron chi connectivity index (χ1n) is 10.3. The lowest BCUT2D eigenvalue weighted by molar-refractivity contribution is -0.154. The molecule has 7 nitrogen and oxygen atoms in total. The summed E-state index contributed by atoms with van der Waals surface area (Å²) < 4.78 is 13.5. The lowest BCUT2D eigenvalue weighted by Crippen LogP contribution is -2.43. The molecule has 31 heavy (non-hydrogen) atoms. The summed E-state index contributed by atoms with van der Waals surface area (Å²) in [4.78, 5) is 35.5. The van der Waals surface area contributed by atoms with Gasteiger partial charge in [-0.2, -0.15) is 0 Å². The molecule has 166 valence electrons. The zero-order chi connectivity index (χ0) is 22.6. The van der Waals surface area contributed by atoms with Crippen LogP contribution in [0.3, 0.4) is 0 Å². The van der Waals surface area contributed by atoms with E-state index in [1.807, 2.05) is 6.92 Å². The van der Waals surface area contributed by atoms with Gasteiger partial charge in [0.1, 0.15) is 5.82 Å². The second kappa shape index (κ2) is 12.4. The van der Waals surface area contributed by atoms with Crippen molar-refractivity contribution in [2.75, 3.05) is 13.2 Å². The topological polar surface area (TPSA) is 98.7 Å². The fourth-order valence-electron chi connectivity index (χ4n) is 3.18. The Kier molecular flexibility index (Phi) is 9.64. The van der Waals surface area contributed by atoms with Crippen LogP contribution in [0.25, 0.3) is 11.1 Å². The van der Waals surface area contributed by atoms with Gasteiger partial charge in [-0.25, -0.2) is 9.45 Å². The van der Waals surface area contributed by atoms with Gasteiger partial charge in [-0.3, -0.25) is 19.6 Å². The summed E-state index contributed by atoms with van der Waals surface area (Å²) in [6.07, 6.45) is 3.49. The van der Waals surface area contributed by atoms with E-state index in [9.17, 15) is 24.0 Å². The third-order valence-corrected chi connectivity index (χ3v) is 4.85. The highest BCUT2D eigenvalue weighted by Crippen LogP contribution is 2.21. The van der Waals surface area contributed by atoms with Crippen LogP contribution in [-0.4, -0.2) is 41.7 Å². The fourth-order valence-corrected chi connectivity index (χ4v) is 3.18. The lowest BCUT2D eigenvalue weighted by atomic mass is 10.0. The van der Waals surface area contributed by atoms with Crippen molar-refractivity contribution < 1.29 is 24.0 Å². The summed E-state index contributed by atoms with van der Waals surface area (Å²) in [5, 5.41) is 15.1. The summed E-state index contributed by atoms with van der Waals surface area (Å²) in [6, 6.07) is 12.8. The number of hydrogen-bond acceptors (Lipinski definition) is 4. The second-order valence-electron chi connectivity index (χ2n) is 7.24. The molecule has 0 unspecified atom stereocenters. The Labute approximate surface area is 181 Å². The minimum atomic E-state index is -0.574. The van der Waals surface area contributed by atoms with E-state index in [1.54, 1.807) is 36.4 Å². The van der Waals surface area contributed by atoms with E-state index in [0.29, 0.717) is 28.2 Å². The van der Waals surface area contributed by atoms with Crippen molar-refractivity contribution in [1.29, 1.82) is 0 Å². The molecule has 2 aromatic rings. The van der Waals surface area contributed by atoms with E-state index in [4.69, 9.17) is 0 Å². The number of hydroxylamine groups is 2. The molecule has 0 bridgehead atoms. The summed E-state index contributed by atoms with van der Waals surface area (Å²) in [6.45, 7) is 1.83. The van der Waals surface area contributed by atoms with Crippen molar-refractivity contribution in [3.63, 3.8) is 0 Å². The average Bonchev–Trinajstić information content (AvgIpc) is 2.78. The largest absolute Gasteiger partial charge is 0.338 e. The number of benzene rings is 2. The summed E-state index contributed by atoms with van der Waals surface area (Å²) in [5.41, 5.74) is 1.73. The molecule has 8 heteroatoms. The van der Waals surface area contributed by atoms with Gasteiger partial charge in [-0.05, 0) is 41.8 Å². The fraction of sp³-hybridized carbons (Fsp3) is 0.348. The zero-order valence-corrected chi connectivity index (χ0v) is 17.5. The first-order valence-corrected chi connectivity index (χ1v) is 10.3. The lowest BCUT2D eigenvalue weighted by Gasteiger charge is -2.19. The van der Waals surface area contributed by atoms with Crippen molar-refractivity contribution in [3.05, 3.63) is 59.9 Å². The Morgan fingerprint density at radius 3 is 2.48 bits per heavy atom. The van der Waals surface area contributed by atoms with E-state index < -0.39 is 11.8 Å². The maximum atomic E-state index is 13.5. The molecule has 0 spiro atoms. The maximum Gasteiger partial charge on any atom is 0.252 e. The molecule has 0 aliphatic heterocycles. The summed E-state index contributed by atoms with van der Waals surface area (Å²) >= 11 is 0. The Hall–Kier alpha value is -3.26. The number of amides is 3. The number of unbranched alkanes of at least 4 members (excludes halogenated alkanes) is 2. The maximum absolute atomic E-state index is 13.5. The standard InChI is InChI=1S/C23H28FN3O4/c1-2-3-4-7-20(14-27(31)16-28)23(30)26-15-25-22(29)19-10-5-8-17(12-19)18-9-6-11-21(24)13-18/h5-6,8-13,16,20,31H,2-4,7,14-15H2,1H3,(H,25,29)(H,26,30)/t20-/m1/s1. The first kappa shape index (κ1) is 24.0. The van der Waals surface area contributed by atoms with E-state index in [1.165, 1.54) is 12.1 Å². The number of rotatable bonds is 12. The number of nitrogens with zero attached hydrogens (tertiary/aromatic N) is 1. The Balaban J connectivity index is 1.93. The van der Waals surface area contributed by atoms with Crippen molar-refractivity contribution in [1.82, 2.24) is 15.7 Å². The minimum Gasteiger partial charge on any atom is -0.338 e. The van der Waals surface area contributed by atoms with Crippen molar-refractivity contribution in [3.8, 4) is 11.1 Å². The smallest absolute Gasteiger partial charge is 0.252 e. The van der Waals surface area contributed by atoms with Crippen molar-refractivity contribution >= 4 is 18.2 Å². The van der Waals surface area contributed by atoms with Crippen LogP contribution < -0.4 is 10.6 Å². The average molecular weight is 429 g/mol. The molecule has 3 amide bonds. The van der Waals surface area contributed by atoms with Crippen LogP contribution in [0.4, 0.5) is 4.39 Å². The summed E-state index contributed by atoms with van der Waals surface area (Å²) in [7, 11) is 0. The van der Waals surface area contributed by atoms with Crippen molar-refractivity contribution in [2.45, 2.75) is 32.6 Å². The molecule has 0 aliphatic carbocycles. The predicted molar refractivity (Wildman–Crippen MR) is 115 cm³/mol. The second-order valence-corrected chi connectivity index (χ2v) is 7.24. The van der Waals surface area contributed by atoms with Crippen LogP contribution in [0.15, 0.2) is 48.5 Å². The number of halogens is 1. The zero-order valence-electron chi connectivity index (χ0n) is 17.5. The summed E-state index contributed by atoms with van der Waals surface area (Å²) in [5.74, 6) is -1.68. The van der Waals surface area contributed by atoms with Crippen LogP contribution in [0, 0.1) is 11.7 Å². The quantitative estimate of drug-likeness (QED) is 0.158. The van der Waals surface area contributed by atoms with E-state index >= 15 is 0 Å². The van der Waals surface area contributed by atoms with Crippen LogP contribution in [0.2, 0.25) is 0 Å². The van der Waals surface area contributed by atoms with Gasteiger partial charge in [0.05, 0.1) is 19.1 Å². The number of nitrogens with one attached hydrogen (secondary N) is 2. The van der Waals surface area contributed by atoms with E-state index in [2.05, 4.69) is 10.6 Å². The van der Waals surface area contributed by atoms with Crippen LogP contribution in [-0.2, 0) is 9.59 Å². The molecule has 0 saturated heterocycles.